The second kappa shape index (κ2) is 8.26. The highest BCUT2D eigenvalue weighted by atomic mass is 32.1. The Morgan fingerprint density at radius 3 is 2.67 bits per heavy atom. The van der Waals surface area contributed by atoms with Crippen LogP contribution in [0.25, 0.3) is 0 Å². The summed E-state index contributed by atoms with van der Waals surface area (Å²) in [6.07, 6.45) is 0.935. The normalized spacial score (nSPS) is 10.9. The number of hydrogen-bond donors (Lipinski definition) is 2. The van der Waals surface area contributed by atoms with Crippen molar-refractivity contribution in [3.63, 3.8) is 0 Å². The fraction of sp³-hybridized carbons (Fsp3) is 0.444. The van der Waals surface area contributed by atoms with Crippen LogP contribution >= 0.6 is 11.3 Å². The highest BCUT2D eigenvalue weighted by molar-refractivity contribution is 7.17. The zero-order valence-corrected chi connectivity index (χ0v) is 15.9. The quantitative estimate of drug-likeness (QED) is 0.754. The lowest BCUT2D eigenvalue weighted by atomic mass is 10.1. The number of aryl methyl sites for hydroxylation is 3. The molecule has 0 saturated heterocycles. The molecule has 2 rings (SSSR count). The Morgan fingerprint density at radius 1 is 1.25 bits per heavy atom. The maximum absolute atomic E-state index is 12.3. The van der Waals surface area contributed by atoms with Crippen LogP contribution in [0.5, 0.6) is 0 Å². The van der Waals surface area contributed by atoms with E-state index in [1.54, 1.807) is 0 Å². The molecule has 1 heterocycles. The second-order valence-electron chi connectivity index (χ2n) is 6.29. The van der Waals surface area contributed by atoms with Gasteiger partial charge >= 0.3 is 0 Å². The van der Waals surface area contributed by atoms with E-state index in [1.165, 1.54) is 16.9 Å². The second-order valence-corrected chi connectivity index (χ2v) is 7.29. The van der Waals surface area contributed by atoms with E-state index in [4.69, 9.17) is 0 Å². The summed E-state index contributed by atoms with van der Waals surface area (Å²) < 4.78 is 0. The average molecular weight is 347 g/mol. The molecule has 0 fully saturated rings. The molecule has 2 N–H and O–H groups in total. The number of benzene rings is 1. The minimum atomic E-state index is -0.0440. The molecule has 24 heavy (non-hydrogen) atoms. The summed E-state index contributed by atoms with van der Waals surface area (Å²) in [5, 5.41) is 7.03. The van der Waals surface area contributed by atoms with E-state index < -0.39 is 0 Å². The Morgan fingerprint density at radius 2 is 2.00 bits per heavy atom. The first kappa shape index (κ1) is 18.4. The van der Waals surface area contributed by atoms with E-state index in [0.29, 0.717) is 11.4 Å². The van der Waals surface area contributed by atoms with Crippen LogP contribution in [0.15, 0.2) is 18.2 Å². The highest BCUT2D eigenvalue weighted by Crippen LogP contribution is 2.27. The lowest BCUT2D eigenvalue weighted by Gasteiger charge is -2.09. The summed E-state index contributed by atoms with van der Waals surface area (Å²) in [5.74, 6) is -0.0440. The minimum Gasteiger partial charge on any atom is -0.351 e. The summed E-state index contributed by atoms with van der Waals surface area (Å²) in [5.41, 5.74) is 4.17. The van der Waals surface area contributed by atoms with Gasteiger partial charge < -0.3 is 15.5 Å². The maximum Gasteiger partial charge on any atom is 0.263 e. The van der Waals surface area contributed by atoms with Crippen LogP contribution in [0.2, 0.25) is 0 Å². The molecule has 6 heteroatoms. The molecule has 130 valence electrons. The number of aromatic nitrogens is 1. The van der Waals surface area contributed by atoms with Gasteiger partial charge in [0.05, 0.1) is 5.69 Å². The molecule has 0 aliphatic carbocycles. The van der Waals surface area contributed by atoms with Crippen molar-refractivity contribution in [2.45, 2.75) is 27.2 Å². The largest absolute Gasteiger partial charge is 0.351 e. The first-order chi connectivity index (χ1) is 11.4. The number of carbonyl (C=O) groups is 1. The van der Waals surface area contributed by atoms with Crippen LogP contribution in [-0.2, 0) is 0 Å². The smallest absolute Gasteiger partial charge is 0.263 e. The fourth-order valence-corrected chi connectivity index (χ4v) is 3.30. The van der Waals surface area contributed by atoms with Gasteiger partial charge in [0.2, 0.25) is 0 Å². The van der Waals surface area contributed by atoms with Gasteiger partial charge in [0, 0.05) is 12.2 Å². The first-order valence-corrected chi connectivity index (χ1v) is 8.93. The van der Waals surface area contributed by atoms with Crippen molar-refractivity contribution in [2.75, 3.05) is 32.5 Å². The maximum atomic E-state index is 12.3. The third-order valence-electron chi connectivity index (χ3n) is 3.69. The highest BCUT2D eigenvalue weighted by Gasteiger charge is 2.15. The summed E-state index contributed by atoms with van der Waals surface area (Å²) >= 11 is 1.40. The van der Waals surface area contributed by atoms with Crippen LogP contribution in [-0.4, -0.2) is 43.0 Å². The number of amides is 1. The predicted molar refractivity (Wildman–Crippen MR) is 102 cm³/mol. The zero-order chi connectivity index (χ0) is 17.7. The number of nitrogens with one attached hydrogen (secondary N) is 2. The number of anilines is 2. The molecule has 0 unspecified atom stereocenters. The van der Waals surface area contributed by atoms with E-state index in [0.717, 1.165) is 35.0 Å². The molecule has 0 radical (unpaired) electrons. The number of hydrogen-bond acceptors (Lipinski definition) is 5. The Bertz CT molecular complexity index is 709. The average Bonchev–Trinajstić information content (AvgIpc) is 2.87. The molecule has 1 aromatic heterocycles. The topological polar surface area (TPSA) is 57.3 Å². The van der Waals surface area contributed by atoms with Crippen molar-refractivity contribution in [1.29, 1.82) is 0 Å². The Labute approximate surface area is 148 Å². The van der Waals surface area contributed by atoms with Crippen molar-refractivity contribution in [3.8, 4) is 0 Å². The molecule has 0 atom stereocenters. The van der Waals surface area contributed by atoms with Gasteiger partial charge in [0.15, 0.2) is 5.13 Å². The predicted octanol–water partition coefficient (Wildman–Crippen LogP) is 3.49. The third-order valence-corrected chi connectivity index (χ3v) is 4.77. The summed E-state index contributed by atoms with van der Waals surface area (Å²) in [7, 11) is 4.06. The number of thiazole rings is 1. The minimum absolute atomic E-state index is 0.0440. The molecule has 5 nitrogen and oxygen atoms in total. The molecule has 1 aromatic carbocycles. The lowest BCUT2D eigenvalue weighted by Crippen LogP contribution is -2.26. The Kier molecular flexibility index (Phi) is 6.34. The van der Waals surface area contributed by atoms with Crippen molar-refractivity contribution >= 4 is 28.1 Å². The molecular weight excluding hydrogens is 320 g/mol. The van der Waals surface area contributed by atoms with Crippen LogP contribution < -0.4 is 10.6 Å². The van der Waals surface area contributed by atoms with E-state index >= 15 is 0 Å². The molecule has 0 aliphatic heterocycles. The summed E-state index contributed by atoms with van der Waals surface area (Å²) in [6.45, 7) is 7.64. The van der Waals surface area contributed by atoms with Gasteiger partial charge in [-0.05, 0) is 59.5 Å². The summed E-state index contributed by atoms with van der Waals surface area (Å²) in [4.78, 5) is 19.6. The van der Waals surface area contributed by atoms with Crippen LogP contribution in [0.3, 0.4) is 0 Å². The van der Waals surface area contributed by atoms with Crippen LogP contribution in [0.1, 0.15) is 32.9 Å². The van der Waals surface area contributed by atoms with E-state index in [-0.39, 0.29) is 5.91 Å². The molecule has 0 saturated carbocycles. The van der Waals surface area contributed by atoms with Gasteiger partial charge in [0.25, 0.3) is 5.91 Å². The molecule has 2 aromatic rings. The molecule has 0 bridgehead atoms. The molecule has 1 amide bonds. The SMILES string of the molecule is Cc1ccc(Nc2nc(C)c(C(=O)NCCCN(C)C)s2)c(C)c1. The fourth-order valence-electron chi connectivity index (χ4n) is 2.41. The monoisotopic (exact) mass is 346 g/mol. The standard InChI is InChI=1S/C18H26N4OS/c1-12-7-8-15(13(2)11-12)21-18-20-14(3)16(24-18)17(23)19-9-6-10-22(4)5/h7-8,11H,6,9-10H2,1-5H3,(H,19,23)(H,20,21). The van der Waals surface area contributed by atoms with E-state index in [1.807, 2.05) is 27.1 Å². The van der Waals surface area contributed by atoms with E-state index in [2.05, 4.69) is 46.5 Å². The van der Waals surface area contributed by atoms with Crippen LogP contribution in [0.4, 0.5) is 10.8 Å². The zero-order valence-electron chi connectivity index (χ0n) is 15.1. The van der Waals surface area contributed by atoms with Gasteiger partial charge in [-0.25, -0.2) is 4.98 Å². The molecule has 0 aliphatic rings. The first-order valence-electron chi connectivity index (χ1n) is 8.11. The summed E-state index contributed by atoms with van der Waals surface area (Å²) in [6, 6.07) is 6.23. The van der Waals surface area contributed by atoms with Crippen molar-refractivity contribution in [3.05, 3.63) is 39.9 Å². The third kappa shape index (κ3) is 5.04. The van der Waals surface area contributed by atoms with Gasteiger partial charge in [-0.1, -0.05) is 29.0 Å². The van der Waals surface area contributed by atoms with Gasteiger partial charge in [0.1, 0.15) is 4.88 Å². The number of nitrogens with zero attached hydrogens (tertiary/aromatic N) is 2. The molecule has 0 spiro atoms. The van der Waals surface area contributed by atoms with Crippen molar-refractivity contribution < 1.29 is 4.79 Å². The van der Waals surface area contributed by atoms with E-state index in [9.17, 15) is 4.79 Å². The molecular formula is C18H26N4OS. The van der Waals surface area contributed by atoms with Gasteiger partial charge in [-0.3, -0.25) is 4.79 Å². The Hall–Kier alpha value is -1.92. The van der Waals surface area contributed by atoms with Gasteiger partial charge in [-0.2, -0.15) is 0 Å². The van der Waals surface area contributed by atoms with Crippen molar-refractivity contribution in [2.24, 2.45) is 0 Å². The Balaban J connectivity index is 2.00. The van der Waals surface area contributed by atoms with Crippen molar-refractivity contribution in [1.82, 2.24) is 15.2 Å². The number of rotatable bonds is 7. The van der Waals surface area contributed by atoms with Crippen LogP contribution in [0, 0.1) is 20.8 Å². The lowest BCUT2D eigenvalue weighted by molar-refractivity contribution is 0.0955. The number of carbonyl (C=O) groups excluding carboxylic acids is 1. The van der Waals surface area contributed by atoms with Gasteiger partial charge in [-0.15, -0.1) is 0 Å².